The fraction of sp³-hybridized carbons (Fsp3) is 0.211. The summed E-state index contributed by atoms with van der Waals surface area (Å²) in [5.41, 5.74) is 0.478. The molecule has 1 heterocycles. The summed E-state index contributed by atoms with van der Waals surface area (Å²) < 4.78 is 28.8. The van der Waals surface area contributed by atoms with E-state index >= 15 is 0 Å². The number of hydrogen-bond donors (Lipinski definition) is 1. The molecule has 0 radical (unpaired) electrons. The van der Waals surface area contributed by atoms with Gasteiger partial charge in [0.05, 0.1) is 5.52 Å². The highest BCUT2D eigenvalue weighted by Crippen LogP contribution is 2.20. The van der Waals surface area contributed by atoms with Gasteiger partial charge < -0.3 is 10.2 Å². The molecule has 0 aliphatic heterocycles. The van der Waals surface area contributed by atoms with Crippen LogP contribution in [0.4, 0.5) is 14.5 Å². The van der Waals surface area contributed by atoms with Gasteiger partial charge in [0.2, 0.25) is 5.91 Å². The third-order valence-corrected chi connectivity index (χ3v) is 4.17. The Balaban J connectivity index is 1.81. The Bertz CT molecular complexity index is 996. The van der Waals surface area contributed by atoms with E-state index in [1.165, 1.54) is 15.6 Å². The number of carbonyl (C=O) groups excluding carboxylic acids is 2. The van der Waals surface area contributed by atoms with Crippen molar-refractivity contribution >= 4 is 28.4 Å². The number of anilines is 1. The summed E-state index contributed by atoms with van der Waals surface area (Å²) in [5.74, 6) is -2.84. The first-order valence-electron chi connectivity index (χ1n) is 8.37. The Morgan fingerprint density at radius 2 is 1.78 bits per heavy atom. The largest absolute Gasteiger partial charge is 0.328 e. The molecule has 0 aliphatic rings. The Kier molecular flexibility index (Phi) is 5.16. The van der Waals surface area contributed by atoms with Crippen LogP contribution in [0.15, 0.2) is 42.5 Å². The number of para-hydroxylation sites is 1. The Hall–Kier alpha value is -3.29. The SMILES string of the molecule is CCN(CC(=O)Nc1c(F)cccc1F)C(=O)c1c2ccccc2nn1C. The van der Waals surface area contributed by atoms with Gasteiger partial charge in [-0.25, -0.2) is 8.78 Å². The van der Waals surface area contributed by atoms with Crippen molar-refractivity contribution < 1.29 is 18.4 Å². The van der Waals surface area contributed by atoms with Crippen molar-refractivity contribution in [3.63, 3.8) is 0 Å². The van der Waals surface area contributed by atoms with E-state index in [9.17, 15) is 18.4 Å². The van der Waals surface area contributed by atoms with Gasteiger partial charge in [0.1, 0.15) is 29.6 Å². The predicted molar refractivity (Wildman–Crippen MR) is 97.3 cm³/mol. The number of likely N-dealkylation sites (N-methyl/N-ethyl adjacent to an activating group) is 1. The number of halogens is 2. The minimum Gasteiger partial charge on any atom is -0.328 e. The summed E-state index contributed by atoms with van der Waals surface area (Å²) in [5, 5.41) is 7.15. The second kappa shape index (κ2) is 7.53. The van der Waals surface area contributed by atoms with Crippen LogP contribution in [0.5, 0.6) is 0 Å². The van der Waals surface area contributed by atoms with E-state index in [-0.39, 0.29) is 13.1 Å². The molecule has 8 heteroatoms. The number of amides is 2. The second-order valence-electron chi connectivity index (χ2n) is 5.95. The third-order valence-electron chi connectivity index (χ3n) is 4.17. The highest BCUT2D eigenvalue weighted by molar-refractivity contribution is 6.06. The van der Waals surface area contributed by atoms with Crippen LogP contribution in [-0.4, -0.2) is 39.6 Å². The lowest BCUT2D eigenvalue weighted by Gasteiger charge is -2.20. The van der Waals surface area contributed by atoms with E-state index in [4.69, 9.17) is 0 Å². The number of hydrogen-bond acceptors (Lipinski definition) is 3. The molecule has 6 nitrogen and oxygen atoms in total. The molecule has 2 amide bonds. The number of fused-ring (bicyclic) bond motifs is 1. The van der Waals surface area contributed by atoms with E-state index < -0.39 is 29.1 Å². The van der Waals surface area contributed by atoms with Gasteiger partial charge in [-0.15, -0.1) is 0 Å². The number of nitrogens with one attached hydrogen (secondary N) is 1. The lowest BCUT2D eigenvalue weighted by molar-refractivity contribution is -0.116. The number of aryl methyl sites for hydroxylation is 1. The highest BCUT2D eigenvalue weighted by Gasteiger charge is 2.24. The molecule has 0 spiro atoms. The minimum atomic E-state index is -0.879. The molecule has 0 unspecified atom stereocenters. The van der Waals surface area contributed by atoms with Crippen LogP contribution in [0.3, 0.4) is 0 Å². The highest BCUT2D eigenvalue weighted by atomic mass is 19.1. The Morgan fingerprint density at radius 1 is 1.11 bits per heavy atom. The molecule has 0 aliphatic carbocycles. The molecule has 0 bridgehead atoms. The molecule has 0 atom stereocenters. The van der Waals surface area contributed by atoms with Gasteiger partial charge in [-0.3, -0.25) is 14.3 Å². The maximum absolute atomic E-state index is 13.7. The smallest absolute Gasteiger partial charge is 0.273 e. The number of nitrogens with zero attached hydrogens (tertiary/aromatic N) is 3. The first-order valence-corrected chi connectivity index (χ1v) is 8.37. The standard InChI is InChI=1S/C19H18F2N4O2/c1-3-25(11-16(26)22-17-13(20)8-6-9-14(17)21)19(27)18-12-7-4-5-10-15(12)23-24(18)2/h4-10H,3,11H2,1-2H3,(H,22,26). The topological polar surface area (TPSA) is 67.2 Å². The summed E-state index contributed by atoms with van der Waals surface area (Å²) in [6.45, 7) is 1.61. The van der Waals surface area contributed by atoms with Crippen molar-refractivity contribution in [3.8, 4) is 0 Å². The average molecular weight is 372 g/mol. The third kappa shape index (κ3) is 3.64. The van der Waals surface area contributed by atoms with Crippen LogP contribution in [0.2, 0.25) is 0 Å². The normalized spacial score (nSPS) is 10.8. The van der Waals surface area contributed by atoms with Gasteiger partial charge >= 0.3 is 0 Å². The molecule has 140 valence electrons. The van der Waals surface area contributed by atoms with E-state index in [0.717, 1.165) is 12.1 Å². The molecular weight excluding hydrogens is 354 g/mol. The number of carbonyl (C=O) groups is 2. The van der Waals surface area contributed by atoms with E-state index in [2.05, 4.69) is 10.4 Å². The van der Waals surface area contributed by atoms with Crippen molar-refractivity contribution in [1.82, 2.24) is 14.7 Å². The summed E-state index contributed by atoms with van der Waals surface area (Å²) in [6, 6.07) is 10.5. The molecule has 0 saturated carbocycles. The van der Waals surface area contributed by atoms with Crippen molar-refractivity contribution in [1.29, 1.82) is 0 Å². The van der Waals surface area contributed by atoms with Gasteiger partial charge in [0, 0.05) is 19.0 Å². The average Bonchev–Trinajstić information content (AvgIpc) is 2.98. The maximum Gasteiger partial charge on any atom is 0.273 e. The zero-order chi connectivity index (χ0) is 19.6. The summed E-state index contributed by atoms with van der Waals surface area (Å²) >= 11 is 0. The van der Waals surface area contributed by atoms with Crippen LogP contribution in [0.1, 0.15) is 17.4 Å². The number of rotatable bonds is 5. The van der Waals surface area contributed by atoms with Gasteiger partial charge in [-0.1, -0.05) is 24.3 Å². The van der Waals surface area contributed by atoms with Crippen LogP contribution >= 0.6 is 0 Å². The van der Waals surface area contributed by atoms with Crippen molar-refractivity contribution in [2.75, 3.05) is 18.4 Å². The van der Waals surface area contributed by atoms with Gasteiger partial charge in [0.25, 0.3) is 5.91 Å². The Morgan fingerprint density at radius 3 is 2.44 bits per heavy atom. The number of aromatic nitrogens is 2. The first-order chi connectivity index (χ1) is 12.9. The van der Waals surface area contributed by atoms with E-state index in [1.807, 2.05) is 6.07 Å². The fourth-order valence-electron chi connectivity index (χ4n) is 2.85. The van der Waals surface area contributed by atoms with Crippen molar-refractivity contribution in [3.05, 3.63) is 59.8 Å². The van der Waals surface area contributed by atoms with Crippen LogP contribution < -0.4 is 5.32 Å². The van der Waals surface area contributed by atoms with E-state index in [1.54, 1.807) is 32.2 Å². The molecule has 0 fully saturated rings. The molecule has 27 heavy (non-hydrogen) atoms. The fourth-order valence-corrected chi connectivity index (χ4v) is 2.85. The summed E-state index contributed by atoms with van der Waals surface area (Å²) in [7, 11) is 1.65. The van der Waals surface area contributed by atoms with Crippen LogP contribution in [-0.2, 0) is 11.8 Å². The maximum atomic E-state index is 13.7. The van der Waals surface area contributed by atoms with Crippen LogP contribution in [0.25, 0.3) is 10.9 Å². The lowest BCUT2D eigenvalue weighted by Crippen LogP contribution is -2.39. The Labute approximate surface area is 154 Å². The van der Waals surface area contributed by atoms with Gasteiger partial charge in [-0.05, 0) is 25.1 Å². The van der Waals surface area contributed by atoms with Crippen molar-refractivity contribution in [2.24, 2.45) is 7.05 Å². The number of benzene rings is 2. The lowest BCUT2D eigenvalue weighted by atomic mass is 10.2. The van der Waals surface area contributed by atoms with Gasteiger partial charge in [-0.2, -0.15) is 5.10 Å². The monoisotopic (exact) mass is 372 g/mol. The quantitative estimate of drug-likeness (QED) is 0.749. The van der Waals surface area contributed by atoms with E-state index in [0.29, 0.717) is 16.6 Å². The predicted octanol–water partition coefficient (Wildman–Crippen LogP) is 2.95. The zero-order valence-corrected chi connectivity index (χ0v) is 14.9. The van der Waals surface area contributed by atoms with Crippen LogP contribution in [0, 0.1) is 11.6 Å². The minimum absolute atomic E-state index is 0.242. The molecule has 0 saturated heterocycles. The summed E-state index contributed by atoms with van der Waals surface area (Å²) in [6.07, 6.45) is 0. The summed E-state index contributed by atoms with van der Waals surface area (Å²) in [4.78, 5) is 26.5. The van der Waals surface area contributed by atoms with Crippen molar-refractivity contribution in [2.45, 2.75) is 6.92 Å². The zero-order valence-electron chi connectivity index (χ0n) is 14.9. The molecule has 3 aromatic rings. The molecular formula is C19H18F2N4O2. The molecule has 1 aromatic heterocycles. The molecule has 1 N–H and O–H groups in total. The molecule has 2 aromatic carbocycles. The second-order valence-corrected chi connectivity index (χ2v) is 5.95. The van der Waals surface area contributed by atoms with Gasteiger partial charge in [0.15, 0.2) is 0 Å². The first kappa shape index (κ1) is 18.5. The molecule has 3 rings (SSSR count).